The summed E-state index contributed by atoms with van der Waals surface area (Å²) in [6.45, 7) is 8.32. The molecule has 1 heterocycles. The summed E-state index contributed by atoms with van der Waals surface area (Å²) < 4.78 is 25.5. The molecule has 2 aromatic rings. The summed E-state index contributed by atoms with van der Waals surface area (Å²) in [5.41, 5.74) is 3.86. The van der Waals surface area contributed by atoms with E-state index in [4.69, 9.17) is 32.7 Å². The molecule has 158 valence electrons. The molecule has 0 aliphatic carbocycles. The third kappa shape index (κ3) is 5.62. The Labute approximate surface area is 181 Å². The molecule has 0 saturated carbocycles. The van der Waals surface area contributed by atoms with Crippen molar-refractivity contribution in [2.75, 3.05) is 32.8 Å². The van der Waals surface area contributed by atoms with Crippen LogP contribution < -0.4 is 4.74 Å². The van der Waals surface area contributed by atoms with E-state index in [1.807, 2.05) is 20.8 Å². The molecule has 0 radical (unpaired) electrons. The summed E-state index contributed by atoms with van der Waals surface area (Å²) in [5, 5.41) is 10.8. The Morgan fingerprint density at radius 3 is 2.55 bits per heavy atom. The Hall–Kier alpha value is -1.37. The fourth-order valence-electron chi connectivity index (χ4n) is 3.77. The van der Waals surface area contributed by atoms with Crippen molar-refractivity contribution in [2.45, 2.75) is 33.0 Å². The SMILES string of the molecule is Cc1cc(C)c(OCC(O)CN2CCOC(c3cc(F)c(Cl)cc3Cl)C2)c(C)c1. The molecule has 7 heteroatoms. The van der Waals surface area contributed by atoms with Crippen LogP contribution in [0.25, 0.3) is 0 Å². The Bertz CT molecular complexity index is 854. The Balaban J connectivity index is 1.58. The van der Waals surface area contributed by atoms with Gasteiger partial charge in [-0.05, 0) is 44.0 Å². The number of benzene rings is 2. The number of morpholine rings is 1. The lowest BCUT2D eigenvalue weighted by Crippen LogP contribution is -2.43. The Morgan fingerprint density at radius 1 is 1.17 bits per heavy atom. The van der Waals surface area contributed by atoms with Gasteiger partial charge in [-0.15, -0.1) is 0 Å². The van der Waals surface area contributed by atoms with Crippen LogP contribution in [0, 0.1) is 26.6 Å². The number of ether oxygens (including phenoxy) is 2. The first-order valence-electron chi connectivity index (χ1n) is 9.61. The molecule has 2 atom stereocenters. The monoisotopic (exact) mass is 441 g/mol. The summed E-state index contributed by atoms with van der Waals surface area (Å²) in [6.07, 6.45) is -1.04. The molecule has 2 unspecified atom stereocenters. The van der Waals surface area contributed by atoms with Crippen LogP contribution in [0.15, 0.2) is 24.3 Å². The second-order valence-corrected chi connectivity index (χ2v) is 8.41. The number of nitrogens with zero attached hydrogens (tertiary/aromatic N) is 1. The van der Waals surface area contributed by atoms with Crippen LogP contribution in [-0.2, 0) is 4.74 Å². The Kier molecular flexibility index (Phi) is 7.41. The maximum Gasteiger partial charge on any atom is 0.142 e. The quantitative estimate of drug-likeness (QED) is 0.649. The largest absolute Gasteiger partial charge is 0.490 e. The predicted molar refractivity (Wildman–Crippen MR) is 114 cm³/mol. The summed E-state index contributed by atoms with van der Waals surface area (Å²) in [5.74, 6) is 0.294. The second-order valence-electron chi connectivity index (χ2n) is 7.60. The van der Waals surface area contributed by atoms with Crippen molar-refractivity contribution in [3.63, 3.8) is 0 Å². The molecule has 1 N–H and O–H groups in total. The first kappa shape index (κ1) is 22.3. The predicted octanol–water partition coefficient (Wildman–Crippen LogP) is 4.87. The van der Waals surface area contributed by atoms with Gasteiger partial charge in [0.25, 0.3) is 0 Å². The van der Waals surface area contributed by atoms with Crippen LogP contribution in [0.5, 0.6) is 5.75 Å². The van der Waals surface area contributed by atoms with Crippen molar-refractivity contribution < 1.29 is 19.0 Å². The van der Waals surface area contributed by atoms with Crippen molar-refractivity contribution in [1.82, 2.24) is 4.90 Å². The van der Waals surface area contributed by atoms with Gasteiger partial charge in [-0.3, -0.25) is 4.90 Å². The maximum atomic E-state index is 13.9. The average molecular weight is 442 g/mol. The van der Waals surface area contributed by atoms with E-state index in [1.165, 1.54) is 17.7 Å². The second kappa shape index (κ2) is 9.63. The van der Waals surface area contributed by atoms with E-state index in [2.05, 4.69) is 17.0 Å². The third-order valence-electron chi connectivity index (χ3n) is 5.03. The van der Waals surface area contributed by atoms with Crippen molar-refractivity contribution in [2.24, 2.45) is 0 Å². The van der Waals surface area contributed by atoms with Crippen LogP contribution in [0.4, 0.5) is 4.39 Å². The van der Waals surface area contributed by atoms with Crippen molar-refractivity contribution in [3.05, 3.63) is 62.4 Å². The summed E-state index contributed by atoms with van der Waals surface area (Å²) in [6, 6.07) is 6.85. The number of rotatable bonds is 6. The molecule has 0 spiro atoms. The molecule has 0 amide bonds. The highest BCUT2D eigenvalue weighted by Crippen LogP contribution is 2.32. The smallest absolute Gasteiger partial charge is 0.142 e. The molecule has 2 aromatic carbocycles. The molecule has 3 rings (SSSR count). The minimum Gasteiger partial charge on any atom is -0.490 e. The number of aryl methyl sites for hydroxylation is 3. The van der Waals surface area contributed by atoms with Gasteiger partial charge in [0.2, 0.25) is 0 Å². The summed E-state index contributed by atoms with van der Waals surface area (Å²) in [4.78, 5) is 2.07. The topological polar surface area (TPSA) is 41.9 Å². The average Bonchev–Trinajstić information content (AvgIpc) is 2.64. The van der Waals surface area contributed by atoms with Crippen molar-refractivity contribution >= 4 is 23.2 Å². The van der Waals surface area contributed by atoms with E-state index < -0.39 is 11.9 Å². The van der Waals surface area contributed by atoms with E-state index in [9.17, 15) is 9.50 Å². The highest BCUT2D eigenvalue weighted by atomic mass is 35.5. The highest BCUT2D eigenvalue weighted by molar-refractivity contribution is 6.35. The molecule has 4 nitrogen and oxygen atoms in total. The number of aliphatic hydroxyl groups is 1. The lowest BCUT2D eigenvalue weighted by molar-refractivity contribution is -0.0460. The molecule has 0 bridgehead atoms. The molecule has 29 heavy (non-hydrogen) atoms. The maximum absolute atomic E-state index is 13.9. The lowest BCUT2D eigenvalue weighted by Gasteiger charge is -2.34. The van der Waals surface area contributed by atoms with E-state index in [0.29, 0.717) is 36.8 Å². The summed E-state index contributed by atoms with van der Waals surface area (Å²) >= 11 is 12.0. The van der Waals surface area contributed by atoms with E-state index >= 15 is 0 Å². The molecular weight excluding hydrogens is 416 g/mol. The first-order chi connectivity index (χ1) is 13.7. The molecule has 1 fully saturated rings. The van der Waals surface area contributed by atoms with E-state index in [0.717, 1.165) is 16.9 Å². The zero-order valence-electron chi connectivity index (χ0n) is 16.8. The van der Waals surface area contributed by atoms with Crippen LogP contribution >= 0.6 is 23.2 Å². The van der Waals surface area contributed by atoms with Crippen LogP contribution in [0.2, 0.25) is 10.0 Å². The molecule has 1 aliphatic heterocycles. The number of hydrogen-bond acceptors (Lipinski definition) is 4. The van der Waals surface area contributed by atoms with Crippen LogP contribution in [0.1, 0.15) is 28.4 Å². The Morgan fingerprint density at radius 2 is 1.86 bits per heavy atom. The van der Waals surface area contributed by atoms with Crippen molar-refractivity contribution in [1.29, 1.82) is 0 Å². The summed E-state index contributed by atoms with van der Waals surface area (Å²) in [7, 11) is 0. The number of halogens is 3. The molecular formula is C22H26Cl2FNO3. The molecule has 0 aromatic heterocycles. The van der Waals surface area contributed by atoms with Gasteiger partial charge in [0.1, 0.15) is 24.3 Å². The molecule has 1 saturated heterocycles. The number of hydrogen-bond donors (Lipinski definition) is 1. The first-order valence-corrected chi connectivity index (χ1v) is 10.4. The van der Waals surface area contributed by atoms with Gasteiger partial charge in [-0.2, -0.15) is 0 Å². The van der Waals surface area contributed by atoms with Gasteiger partial charge >= 0.3 is 0 Å². The van der Waals surface area contributed by atoms with Gasteiger partial charge in [-0.1, -0.05) is 40.9 Å². The lowest BCUT2D eigenvalue weighted by atomic mass is 10.1. The highest BCUT2D eigenvalue weighted by Gasteiger charge is 2.26. The minimum atomic E-state index is -0.661. The van der Waals surface area contributed by atoms with Gasteiger partial charge in [0, 0.05) is 30.2 Å². The van der Waals surface area contributed by atoms with E-state index in [1.54, 1.807) is 0 Å². The fraction of sp³-hybridized carbons (Fsp3) is 0.455. The standard InChI is InChI=1S/C22H26Cl2FNO3/c1-13-6-14(2)22(15(3)7-13)29-12-16(27)10-26-4-5-28-21(11-26)17-8-20(25)19(24)9-18(17)23/h6-9,16,21,27H,4-5,10-12H2,1-3H3. The van der Waals surface area contributed by atoms with Crippen LogP contribution in [0.3, 0.4) is 0 Å². The zero-order chi connectivity index (χ0) is 21.1. The van der Waals surface area contributed by atoms with Gasteiger partial charge in [0.15, 0.2) is 0 Å². The van der Waals surface area contributed by atoms with Crippen LogP contribution in [-0.4, -0.2) is 49.0 Å². The zero-order valence-corrected chi connectivity index (χ0v) is 18.4. The third-order valence-corrected chi connectivity index (χ3v) is 5.65. The number of β-amino-alcohol motifs (C(OH)–C–C–N with tert-alkyl or cyclic N) is 1. The van der Waals surface area contributed by atoms with Gasteiger partial charge < -0.3 is 14.6 Å². The van der Waals surface area contributed by atoms with Gasteiger partial charge in [0.05, 0.1) is 17.7 Å². The normalized spacial score (nSPS) is 18.7. The van der Waals surface area contributed by atoms with Crippen molar-refractivity contribution in [3.8, 4) is 5.75 Å². The minimum absolute atomic E-state index is 0.0133. The number of aliphatic hydroxyl groups excluding tert-OH is 1. The van der Waals surface area contributed by atoms with E-state index in [-0.39, 0.29) is 17.7 Å². The fourth-order valence-corrected chi connectivity index (χ4v) is 4.27. The van der Waals surface area contributed by atoms with Gasteiger partial charge in [-0.25, -0.2) is 4.39 Å². The molecule has 1 aliphatic rings.